The normalized spacial score (nSPS) is 34.9. The lowest BCUT2D eigenvalue weighted by Crippen LogP contribution is -2.36. The lowest BCUT2D eigenvalue weighted by molar-refractivity contribution is -0.131. The summed E-state index contributed by atoms with van der Waals surface area (Å²) in [5.74, 6) is 2.13. The number of allylic oxidation sites excluding steroid dienone is 1. The molecule has 126 valence electrons. The number of carboxylic acids is 1. The van der Waals surface area contributed by atoms with E-state index in [2.05, 4.69) is 27.7 Å². The Labute approximate surface area is 136 Å². The largest absolute Gasteiger partial charge is 0.478 e. The lowest BCUT2D eigenvalue weighted by atomic mass is 9.60. The van der Waals surface area contributed by atoms with Gasteiger partial charge in [0.1, 0.15) is 0 Å². The number of carboxylic acid groups (broad SMARTS) is 1. The highest BCUT2D eigenvalue weighted by molar-refractivity contribution is 5.80. The number of hydrogen-bond acceptors (Lipinski definition) is 1. The van der Waals surface area contributed by atoms with Gasteiger partial charge in [0.15, 0.2) is 0 Å². The van der Waals surface area contributed by atoms with Crippen LogP contribution in [0, 0.1) is 29.1 Å². The molecule has 2 heteroatoms. The van der Waals surface area contributed by atoms with Gasteiger partial charge < -0.3 is 5.11 Å². The Morgan fingerprint density at radius 3 is 2.68 bits per heavy atom. The monoisotopic (exact) mass is 306 g/mol. The molecule has 0 aliphatic heterocycles. The minimum Gasteiger partial charge on any atom is -0.478 e. The van der Waals surface area contributed by atoms with E-state index in [1.807, 2.05) is 0 Å². The summed E-state index contributed by atoms with van der Waals surface area (Å²) in [4.78, 5) is 11.1. The van der Waals surface area contributed by atoms with E-state index < -0.39 is 5.97 Å². The Morgan fingerprint density at radius 1 is 1.32 bits per heavy atom. The predicted octanol–water partition coefficient (Wildman–Crippen LogP) is 5.68. The highest BCUT2D eigenvalue weighted by atomic mass is 16.4. The zero-order valence-corrected chi connectivity index (χ0v) is 14.9. The SMILES string of the molecule is CC(C)CCC[C@@H](C)[C@H]1CCC2/C(=C/C(=O)O)CCC[C@@]21C. The van der Waals surface area contributed by atoms with Crippen molar-refractivity contribution in [3.63, 3.8) is 0 Å². The number of carbonyl (C=O) groups is 1. The van der Waals surface area contributed by atoms with E-state index in [1.165, 1.54) is 56.6 Å². The first-order chi connectivity index (χ1) is 10.3. The maximum Gasteiger partial charge on any atom is 0.328 e. The van der Waals surface area contributed by atoms with Gasteiger partial charge in [-0.2, -0.15) is 0 Å². The summed E-state index contributed by atoms with van der Waals surface area (Å²) in [6.07, 6.45) is 11.5. The zero-order chi connectivity index (χ0) is 16.3. The van der Waals surface area contributed by atoms with Crippen LogP contribution < -0.4 is 0 Å². The van der Waals surface area contributed by atoms with E-state index in [4.69, 9.17) is 5.11 Å². The predicted molar refractivity (Wildman–Crippen MR) is 91.7 cm³/mol. The maximum absolute atomic E-state index is 11.1. The first-order valence-corrected chi connectivity index (χ1v) is 9.28. The third-order valence-corrected chi connectivity index (χ3v) is 6.47. The molecule has 4 atom stereocenters. The average molecular weight is 306 g/mol. The molecule has 0 aromatic rings. The van der Waals surface area contributed by atoms with Crippen molar-refractivity contribution < 1.29 is 9.90 Å². The van der Waals surface area contributed by atoms with Crippen LogP contribution in [-0.4, -0.2) is 11.1 Å². The molecular weight excluding hydrogens is 272 g/mol. The van der Waals surface area contributed by atoms with Crippen molar-refractivity contribution >= 4 is 5.97 Å². The Bertz CT molecular complexity index is 423. The van der Waals surface area contributed by atoms with Gasteiger partial charge >= 0.3 is 5.97 Å². The second kappa shape index (κ2) is 7.19. The van der Waals surface area contributed by atoms with Crippen LogP contribution in [0.4, 0.5) is 0 Å². The van der Waals surface area contributed by atoms with Crippen LogP contribution in [0.2, 0.25) is 0 Å². The molecule has 0 aromatic carbocycles. The van der Waals surface area contributed by atoms with Crippen LogP contribution in [0.15, 0.2) is 11.6 Å². The Hall–Kier alpha value is -0.790. The molecule has 1 N–H and O–H groups in total. The van der Waals surface area contributed by atoms with Crippen LogP contribution in [0.5, 0.6) is 0 Å². The molecule has 2 aliphatic rings. The zero-order valence-electron chi connectivity index (χ0n) is 14.9. The second-order valence-corrected chi connectivity index (χ2v) is 8.46. The van der Waals surface area contributed by atoms with Crippen LogP contribution in [0.1, 0.15) is 79.1 Å². The number of rotatable bonds is 6. The molecule has 2 fully saturated rings. The summed E-state index contributed by atoms with van der Waals surface area (Å²) in [5, 5.41) is 9.14. The molecule has 2 rings (SSSR count). The summed E-state index contributed by atoms with van der Waals surface area (Å²) < 4.78 is 0. The summed E-state index contributed by atoms with van der Waals surface area (Å²) in [6, 6.07) is 0. The van der Waals surface area contributed by atoms with Gasteiger partial charge in [0, 0.05) is 6.08 Å². The Kier molecular flexibility index (Phi) is 5.74. The number of hydrogen-bond donors (Lipinski definition) is 1. The maximum atomic E-state index is 11.1. The van der Waals surface area contributed by atoms with Crippen molar-refractivity contribution in [1.82, 2.24) is 0 Å². The fourth-order valence-corrected chi connectivity index (χ4v) is 5.40. The first kappa shape index (κ1) is 17.6. The fraction of sp³-hybridized carbons (Fsp3) is 0.850. The molecule has 1 unspecified atom stereocenters. The molecule has 0 heterocycles. The van der Waals surface area contributed by atoms with Gasteiger partial charge in [-0.05, 0) is 61.2 Å². The molecule has 2 saturated carbocycles. The minimum absolute atomic E-state index is 0.344. The molecule has 0 aromatic heterocycles. The van der Waals surface area contributed by atoms with E-state index in [1.54, 1.807) is 0 Å². The highest BCUT2D eigenvalue weighted by Gasteiger charge is 2.50. The van der Waals surface area contributed by atoms with Gasteiger partial charge in [0.2, 0.25) is 0 Å². The number of fused-ring (bicyclic) bond motifs is 1. The third kappa shape index (κ3) is 3.75. The van der Waals surface area contributed by atoms with Gasteiger partial charge in [0.25, 0.3) is 0 Å². The van der Waals surface area contributed by atoms with E-state index in [9.17, 15) is 4.79 Å². The molecule has 2 nitrogen and oxygen atoms in total. The molecule has 22 heavy (non-hydrogen) atoms. The van der Waals surface area contributed by atoms with Gasteiger partial charge in [-0.25, -0.2) is 4.79 Å². The van der Waals surface area contributed by atoms with Crippen LogP contribution in [0.3, 0.4) is 0 Å². The Balaban J connectivity index is 2.05. The smallest absolute Gasteiger partial charge is 0.328 e. The van der Waals surface area contributed by atoms with Gasteiger partial charge in [0.05, 0.1) is 0 Å². The average Bonchev–Trinajstić information content (AvgIpc) is 2.75. The van der Waals surface area contributed by atoms with E-state index in [0.717, 1.165) is 24.2 Å². The van der Waals surface area contributed by atoms with Crippen molar-refractivity contribution in [2.75, 3.05) is 0 Å². The van der Waals surface area contributed by atoms with Crippen LogP contribution >= 0.6 is 0 Å². The van der Waals surface area contributed by atoms with Crippen LogP contribution in [0.25, 0.3) is 0 Å². The number of aliphatic carboxylic acids is 1. The molecular formula is C20H34O2. The molecule has 0 radical (unpaired) electrons. The molecule has 0 spiro atoms. The first-order valence-electron chi connectivity index (χ1n) is 9.28. The fourth-order valence-electron chi connectivity index (χ4n) is 5.40. The minimum atomic E-state index is -0.757. The van der Waals surface area contributed by atoms with Gasteiger partial charge in [-0.1, -0.05) is 52.5 Å². The van der Waals surface area contributed by atoms with E-state index in [0.29, 0.717) is 11.3 Å². The van der Waals surface area contributed by atoms with Crippen molar-refractivity contribution in [2.24, 2.45) is 29.1 Å². The van der Waals surface area contributed by atoms with E-state index in [-0.39, 0.29) is 0 Å². The standard InChI is InChI=1S/C20H34O2/c1-14(2)7-5-8-15(3)17-10-11-18-16(13-19(21)22)9-6-12-20(17,18)4/h13-15,17-18H,5-12H2,1-4H3,(H,21,22)/b16-13+/t15-,17-,18?,20-/m1/s1. The molecule has 0 amide bonds. The van der Waals surface area contributed by atoms with Crippen molar-refractivity contribution in [1.29, 1.82) is 0 Å². The quantitative estimate of drug-likeness (QED) is 0.641. The van der Waals surface area contributed by atoms with Crippen molar-refractivity contribution in [3.05, 3.63) is 11.6 Å². The summed E-state index contributed by atoms with van der Waals surface area (Å²) >= 11 is 0. The van der Waals surface area contributed by atoms with Gasteiger partial charge in [-0.3, -0.25) is 0 Å². The summed E-state index contributed by atoms with van der Waals surface area (Å²) in [7, 11) is 0. The van der Waals surface area contributed by atoms with Gasteiger partial charge in [-0.15, -0.1) is 0 Å². The van der Waals surface area contributed by atoms with Crippen molar-refractivity contribution in [3.8, 4) is 0 Å². The molecule has 0 saturated heterocycles. The summed E-state index contributed by atoms with van der Waals surface area (Å²) in [5.41, 5.74) is 1.56. The van der Waals surface area contributed by atoms with E-state index >= 15 is 0 Å². The molecule has 0 bridgehead atoms. The Morgan fingerprint density at radius 2 is 2.05 bits per heavy atom. The summed E-state index contributed by atoms with van der Waals surface area (Å²) in [6.45, 7) is 9.50. The highest BCUT2D eigenvalue weighted by Crippen LogP contribution is 2.59. The second-order valence-electron chi connectivity index (χ2n) is 8.46. The van der Waals surface area contributed by atoms with Crippen LogP contribution in [-0.2, 0) is 4.79 Å². The lowest BCUT2D eigenvalue weighted by Gasteiger charge is -2.44. The third-order valence-electron chi connectivity index (χ3n) is 6.47. The van der Waals surface area contributed by atoms with Crippen molar-refractivity contribution in [2.45, 2.75) is 79.1 Å². The molecule has 2 aliphatic carbocycles. The topological polar surface area (TPSA) is 37.3 Å².